The number of fused-ring (bicyclic) bond motifs is 7. The van der Waals surface area contributed by atoms with Crippen LogP contribution >= 0.6 is 11.3 Å². The van der Waals surface area contributed by atoms with Crippen LogP contribution in [0.3, 0.4) is 0 Å². The van der Waals surface area contributed by atoms with E-state index in [4.69, 9.17) is 15.0 Å². The van der Waals surface area contributed by atoms with Crippen molar-refractivity contribution < 1.29 is 0 Å². The summed E-state index contributed by atoms with van der Waals surface area (Å²) in [5.74, 6) is 1.94. The van der Waals surface area contributed by atoms with Gasteiger partial charge in [-0.3, -0.25) is 4.40 Å². The highest BCUT2D eigenvalue weighted by molar-refractivity contribution is 7.24. The number of aromatic nitrogens is 4. The molecule has 0 bridgehead atoms. The first kappa shape index (κ1) is 30.7. The summed E-state index contributed by atoms with van der Waals surface area (Å²) in [7, 11) is 0. The summed E-state index contributed by atoms with van der Waals surface area (Å²) in [5.41, 5.74) is 10.1. The van der Waals surface area contributed by atoms with Gasteiger partial charge in [-0.15, -0.1) is 11.3 Å². The van der Waals surface area contributed by atoms with Crippen LogP contribution in [0.25, 0.3) is 104 Å². The van der Waals surface area contributed by atoms with Crippen LogP contribution in [-0.2, 0) is 0 Å². The molecule has 0 amide bonds. The van der Waals surface area contributed by atoms with Crippen molar-refractivity contribution in [2.45, 2.75) is 0 Å². The number of benzene rings is 8. The Hall–Kier alpha value is -6.95. The van der Waals surface area contributed by atoms with E-state index in [2.05, 4.69) is 186 Å². The summed E-state index contributed by atoms with van der Waals surface area (Å²) < 4.78 is 3.70. The monoisotopic (exact) mass is 706 g/mol. The molecular weight excluding hydrogens is 677 g/mol. The molecule has 54 heavy (non-hydrogen) atoms. The van der Waals surface area contributed by atoms with Crippen LogP contribution < -0.4 is 0 Å². The van der Waals surface area contributed by atoms with Crippen LogP contribution in [0.5, 0.6) is 0 Å². The van der Waals surface area contributed by atoms with Gasteiger partial charge >= 0.3 is 0 Å². The Labute approximate surface area is 315 Å². The molecule has 3 heterocycles. The molecule has 5 heteroatoms. The largest absolute Gasteiger partial charge is 0.299 e. The zero-order valence-electron chi connectivity index (χ0n) is 29.0. The van der Waals surface area contributed by atoms with Crippen LogP contribution in [0.1, 0.15) is 0 Å². The molecule has 0 saturated carbocycles. The SMILES string of the molecule is c1cc(-c2ccc(-c3c4ccccc4n4c3sc3ccccc34)cc2)cc(-c2nc(-c3ccc4ccccc4c3)nc(-c3ccc4ccccc4c3)n2)c1. The number of thiazole rings is 1. The van der Waals surface area contributed by atoms with Gasteiger partial charge in [0.2, 0.25) is 0 Å². The van der Waals surface area contributed by atoms with E-state index >= 15 is 0 Å². The normalized spacial score (nSPS) is 11.7. The van der Waals surface area contributed by atoms with E-state index in [0.29, 0.717) is 17.5 Å². The average molecular weight is 707 g/mol. The van der Waals surface area contributed by atoms with Crippen molar-refractivity contribution in [1.82, 2.24) is 19.4 Å². The lowest BCUT2D eigenvalue weighted by Crippen LogP contribution is -2.00. The van der Waals surface area contributed by atoms with Gasteiger partial charge in [-0.05, 0) is 74.6 Å². The fraction of sp³-hybridized carbons (Fsp3) is 0. The third-order valence-corrected chi connectivity index (χ3v) is 11.6. The lowest BCUT2D eigenvalue weighted by atomic mass is 9.98. The van der Waals surface area contributed by atoms with E-state index < -0.39 is 0 Å². The van der Waals surface area contributed by atoms with Crippen LogP contribution in [0.2, 0.25) is 0 Å². The summed E-state index contributed by atoms with van der Waals surface area (Å²) in [4.78, 5) is 16.5. The number of para-hydroxylation sites is 2. The Balaban J connectivity index is 1.01. The number of hydrogen-bond acceptors (Lipinski definition) is 4. The molecule has 0 atom stereocenters. The van der Waals surface area contributed by atoms with Gasteiger partial charge < -0.3 is 0 Å². The maximum atomic E-state index is 5.10. The van der Waals surface area contributed by atoms with E-state index in [1.165, 1.54) is 47.8 Å². The van der Waals surface area contributed by atoms with Crippen molar-refractivity contribution in [3.8, 4) is 56.4 Å². The topological polar surface area (TPSA) is 43.1 Å². The third-order valence-electron chi connectivity index (χ3n) is 10.4. The quantitative estimate of drug-likeness (QED) is 0.179. The highest BCUT2D eigenvalue weighted by Crippen LogP contribution is 2.42. The summed E-state index contributed by atoms with van der Waals surface area (Å²) in [5, 5.41) is 5.93. The lowest BCUT2D eigenvalue weighted by Gasteiger charge is -2.11. The summed E-state index contributed by atoms with van der Waals surface area (Å²) in [6, 6.07) is 64.5. The molecule has 0 aliphatic rings. The first-order valence-corrected chi connectivity index (χ1v) is 18.9. The molecule has 0 spiro atoms. The Morgan fingerprint density at radius 2 is 0.852 bits per heavy atom. The molecule has 4 nitrogen and oxygen atoms in total. The average Bonchev–Trinajstić information content (AvgIpc) is 3.78. The summed E-state index contributed by atoms with van der Waals surface area (Å²) in [6.07, 6.45) is 0. The molecule has 8 aromatic carbocycles. The highest BCUT2D eigenvalue weighted by atomic mass is 32.1. The van der Waals surface area contributed by atoms with Gasteiger partial charge in [0, 0.05) is 27.6 Å². The molecule has 0 aliphatic heterocycles. The molecule has 11 aromatic rings. The number of nitrogens with zero attached hydrogens (tertiary/aromatic N) is 4. The predicted molar refractivity (Wildman–Crippen MR) is 226 cm³/mol. The molecule has 0 radical (unpaired) electrons. The molecule has 252 valence electrons. The van der Waals surface area contributed by atoms with Crippen molar-refractivity contribution in [1.29, 1.82) is 0 Å². The van der Waals surface area contributed by atoms with E-state index in [0.717, 1.165) is 38.6 Å². The number of rotatable bonds is 5. The lowest BCUT2D eigenvalue weighted by molar-refractivity contribution is 1.08. The van der Waals surface area contributed by atoms with Gasteiger partial charge in [-0.25, -0.2) is 15.0 Å². The van der Waals surface area contributed by atoms with Gasteiger partial charge in [-0.1, -0.05) is 146 Å². The highest BCUT2D eigenvalue weighted by Gasteiger charge is 2.18. The zero-order chi connectivity index (χ0) is 35.6. The first-order chi connectivity index (χ1) is 26.7. The van der Waals surface area contributed by atoms with Crippen LogP contribution in [0, 0.1) is 0 Å². The molecule has 11 rings (SSSR count). The molecule has 0 unspecified atom stereocenters. The Morgan fingerprint density at radius 3 is 1.52 bits per heavy atom. The van der Waals surface area contributed by atoms with Gasteiger partial charge in [0.1, 0.15) is 4.83 Å². The minimum Gasteiger partial charge on any atom is -0.299 e. The van der Waals surface area contributed by atoms with E-state index in [1.807, 2.05) is 11.3 Å². The molecule has 3 aromatic heterocycles. The number of hydrogen-bond donors (Lipinski definition) is 0. The Bertz CT molecular complexity index is 3130. The summed E-state index contributed by atoms with van der Waals surface area (Å²) >= 11 is 1.85. The van der Waals surface area contributed by atoms with Crippen molar-refractivity contribution in [3.05, 3.63) is 182 Å². The van der Waals surface area contributed by atoms with Crippen LogP contribution in [0.15, 0.2) is 182 Å². The van der Waals surface area contributed by atoms with Gasteiger partial charge in [0.05, 0.1) is 15.7 Å². The van der Waals surface area contributed by atoms with Gasteiger partial charge in [0.15, 0.2) is 17.5 Å². The fourth-order valence-corrected chi connectivity index (χ4v) is 8.99. The molecule has 0 aliphatic carbocycles. The minimum absolute atomic E-state index is 0.641. The van der Waals surface area contributed by atoms with Crippen LogP contribution in [0.4, 0.5) is 0 Å². The van der Waals surface area contributed by atoms with Gasteiger partial charge in [-0.2, -0.15) is 0 Å². The molecular formula is C49H30N4S. The molecule has 0 N–H and O–H groups in total. The van der Waals surface area contributed by atoms with Crippen molar-refractivity contribution in [3.63, 3.8) is 0 Å². The second-order valence-electron chi connectivity index (χ2n) is 13.7. The van der Waals surface area contributed by atoms with Crippen molar-refractivity contribution in [2.24, 2.45) is 0 Å². The zero-order valence-corrected chi connectivity index (χ0v) is 29.8. The molecule has 0 fully saturated rings. The maximum Gasteiger partial charge on any atom is 0.164 e. The maximum absolute atomic E-state index is 5.10. The second-order valence-corrected chi connectivity index (χ2v) is 14.7. The van der Waals surface area contributed by atoms with E-state index in [1.54, 1.807) is 0 Å². The predicted octanol–water partition coefficient (Wildman–Crippen LogP) is 13.1. The van der Waals surface area contributed by atoms with E-state index in [-0.39, 0.29) is 0 Å². The van der Waals surface area contributed by atoms with Gasteiger partial charge in [0.25, 0.3) is 0 Å². The second kappa shape index (κ2) is 12.3. The molecule has 0 saturated heterocycles. The Kier molecular flexibility index (Phi) is 7.00. The Morgan fingerprint density at radius 1 is 0.352 bits per heavy atom. The standard InChI is InChI=1S/C49H30N4S/c1-3-12-35-29-39(26-22-31(35)10-1)47-50-46(51-48(52-47)40-27-23-32-11-2-4-13-36(32)30-40)38-15-9-14-37(28-38)33-20-24-34(25-21-33)45-41-16-5-6-17-42(41)53-43-18-7-8-19-44(43)54-49(45)53/h1-30H. The first-order valence-electron chi connectivity index (χ1n) is 18.1. The smallest absolute Gasteiger partial charge is 0.164 e. The fourth-order valence-electron chi connectivity index (χ4n) is 7.75. The minimum atomic E-state index is 0.641. The van der Waals surface area contributed by atoms with Crippen molar-refractivity contribution >= 4 is 58.8 Å². The summed E-state index contributed by atoms with van der Waals surface area (Å²) in [6.45, 7) is 0. The third kappa shape index (κ3) is 5.09. The van der Waals surface area contributed by atoms with Crippen LogP contribution in [-0.4, -0.2) is 19.4 Å². The van der Waals surface area contributed by atoms with E-state index in [9.17, 15) is 0 Å². The van der Waals surface area contributed by atoms with Crippen molar-refractivity contribution in [2.75, 3.05) is 0 Å².